The summed E-state index contributed by atoms with van der Waals surface area (Å²) in [7, 11) is 0. The Bertz CT molecular complexity index is 2270. The number of rotatable bonds is 4. The third-order valence-electron chi connectivity index (χ3n) is 9.21. The molecule has 212 valence electrons. The fourth-order valence-electron chi connectivity index (χ4n) is 7.10. The van der Waals surface area contributed by atoms with Crippen molar-refractivity contribution >= 4 is 43.7 Å². The predicted molar refractivity (Wildman–Crippen MR) is 178 cm³/mol. The second kappa shape index (κ2) is 10.2. The van der Waals surface area contributed by atoms with Gasteiger partial charge in [-0.25, -0.2) is 15.0 Å². The highest BCUT2D eigenvalue weighted by atomic mass is 16.3. The molecule has 1 aliphatic carbocycles. The summed E-state index contributed by atoms with van der Waals surface area (Å²) in [4.78, 5) is 15.1. The van der Waals surface area contributed by atoms with Gasteiger partial charge in [0.25, 0.3) is 0 Å². The van der Waals surface area contributed by atoms with Crippen molar-refractivity contribution in [2.75, 3.05) is 0 Å². The van der Waals surface area contributed by atoms with Gasteiger partial charge in [0.2, 0.25) is 0 Å². The summed E-state index contributed by atoms with van der Waals surface area (Å²) in [5.74, 6) is 2.71. The number of furan rings is 1. The second-order valence-corrected chi connectivity index (χ2v) is 11.9. The van der Waals surface area contributed by atoms with Crippen molar-refractivity contribution in [2.24, 2.45) is 0 Å². The Morgan fingerprint density at radius 1 is 0.545 bits per heavy atom. The van der Waals surface area contributed by atoms with Gasteiger partial charge in [-0.15, -0.1) is 0 Å². The zero-order valence-corrected chi connectivity index (χ0v) is 24.3. The van der Waals surface area contributed by atoms with Crippen molar-refractivity contribution < 1.29 is 4.42 Å². The average Bonchev–Trinajstić information content (AvgIpc) is 3.64. The minimum Gasteiger partial charge on any atom is -0.456 e. The zero-order valence-electron chi connectivity index (χ0n) is 24.3. The van der Waals surface area contributed by atoms with Crippen LogP contribution in [0.3, 0.4) is 0 Å². The molecule has 5 aromatic carbocycles. The lowest BCUT2D eigenvalue weighted by molar-refractivity contribution is 0.428. The average molecular weight is 571 g/mol. The topological polar surface area (TPSA) is 56.7 Å². The SMILES string of the molecule is c1ccc(-c2nc(-c3ccc4c(c3)oc3cccc(-n5c6ccccc6c6ccccc65)c34)nc(C3CCCCC3)n2)cc1. The predicted octanol–water partition coefficient (Wildman–Crippen LogP) is 10.2. The van der Waals surface area contributed by atoms with Gasteiger partial charge in [0, 0.05) is 33.2 Å². The first-order valence-electron chi connectivity index (χ1n) is 15.6. The van der Waals surface area contributed by atoms with Gasteiger partial charge < -0.3 is 8.98 Å². The van der Waals surface area contributed by atoms with E-state index in [0.717, 1.165) is 63.2 Å². The van der Waals surface area contributed by atoms with Crippen LogP contribution in [0.15, 0.2) is 120 Å². The fourth-order valence-corrected chi connectivity index (χ4v) is 7.10. The van der Waals surface area contributed by atoms with E-state index < -0.39 is 0 Å². The highest BCUT2D eigenvalue weighted by Crippen LogP contribution is 2.40. The van der Waals surface area contributed by atoms with Crippen molar-refractivity contribution in [3.63, 3.8) is 0 Å². The first kappa shape index (κ1) is 25.2. The summed E-state index contributed by atoms with van der Waals surface area (Å²) < 4.78 is 8.92. The molecule has 0 amide bonds. The Hall–Kier alpha value is -5.29. The van der Waals surface area contributed by atoms with E-state index in [9.17, 15) is 0 Å². The van der Waals surface area contributed by atoms with Gasteiger partial charge in [0.1, 0.15) is 17.0 Å². The van der Waals surface area contributed by atoms with E-state index in [1.807, 2.05) is 18.2 Å². The van der Waals surface area contributed by atoms with Gasteiger partial charge in [-0.3, -0.25) is 0 Å². The Balaban J connectivity index is 1.23. The normalized spacial score (nSPS) is 14.3. The van der Waals surface area contributed by atoms with Gasteiger partial charge >= 0.3 is 0 Å². The van der Waals surface area contributed by atoms with Crippen molar-refractivity contribution in [3.8, 4) is 28.5 Å². The van der Waals surface area contributed by atoms with Gasteiger partial charge in [-0.05, 0) is 49.2 Å². The van der Waals surface area contributed by atoms with E-state index in [0.29, 0.717) is 11.7 Å². The van der Waals surface area contributed by atoms with E-state index in [1.54, 1.807) is 0 Å². The van der Waals surface area contributed by atoms with E-state index in [4.69, 9.17) is 19.4 Å². The van der Waals surface area contributed by atoms with E-state index in [-0.39, 0.29) is 0 Å². The molecule has 0 N–H and O–H groups in total. The van der Waals surface area contributed by atoms with Crippen LogP contribution in [-0.2, 0) is 0 Å². The molecular weight excluding hydrogens is 540 g/mol. The lowest BCUT2D eigenvalue weighted by Crippen LogP contribution is -2.11. The Kier molecular flexibility index (Phi) is 5.83. The summed E-state index contributed by atoms with van der Waals surface area (Å²) in [5, 5.41) is 4.66. The van der Waals surface area contributed by atoms with Crippen LogP contribution < -0.4 is 0 Å². The molecule has 0 atom stereocenters. The van der Waals surface area contributed by atoms with E-state index in [1.165, 1.54) is 41.1 Å². The molecule has 0 saturated heterocycles. The van der Waals surface area contributed by atoms with Gasteiger partial charge in [-0.1, -0.05) is 98.1 Å². The Morgan fingerprint density at radius 2 is 1.23 bits per heavy atom. The zero-order chi connectivity index (χ0) is 29.0. The lowest BCUT2D eigenvalue weighted by Gasteiger charge is -2.21. The summed E-state index contributed by atoms with van der Waals surface area (Å²) in [5.41, 5.74) is 7.10. The monoisotopic (exact) mass is 570 g/mol. The first-order valence-corrected chi connectivity index (χ1v) is 15.6. The summed E-state index contributed by atoms with van der Waals surface area (Å²) >= 11 is 0. The van der Waals surface area contributed by atoms with Crippen molar-refractivity contribution in [3.05, 3.63) is 121 Å². The fraction of sp³-hybridized carbons (Fsp3) is 0.154. The maximum Gasteiger partial charge on any atom is 0.163 e. The number of hydrogen-bond acceptors (Lipinski definition) is 4. The van der Waals surface area contributed by atoms with Crippen LogP contribution in [0.4, 0.5) is 0 Å². The molecule has 5 heteroatoms. The molecule has 9 rings (SSSR count). The minimum atomic E-state index is 0.372. The number of fused-ring (bicyclic) bond motifs is 6. The molecule has 1 saturated carbocycles. The molecular formula is C39H30N4O. The summed E-state index contributed by atoms with van der Waals surface area (Å²) in [6, 6.07) is 40.2. The first-order chi connectivity index (χ1) is 21.8. The molecule has 44 heavy (non-hydrogen) atoms. The smallest absolute Gasteiger partial charge is 0.163 e. The van der Waals surface area contributed by atoms with Crippen LogP contribution in [0.25, 0.3) is 72.2 Å². The third-order valence-corrected chi connectivity index (χ3v) is 9.21. The highest BCUT2D eigenvalue weighted by molar-refractivity contribution is 6.14. The van der Waals surface area contributed by atoms with E-state index in [2.05, 4.69) is 102 Å². The molecule has 3 heterocycles. The standard InChI is InChI=1S/C39H30N4O/c1-3-12-25(13-4-1)37-40-38(26-14-5-2-6-15-26)42-39(41-37)27-22-23-30-35(24-27)44-34-21-11-20-33(36(30)34)43-31-18-9-7-16-28(31)29-17-8-10-19-32(29)43/h1,3-4,7-13,16-24,26H,2,5-6,14-15H2. The third kappa shape index (κ3) is 4.04. The molecule has 5 nitrogen and oxygen atoms in total. The summed E-state index contributed by atoms with van der Waals surface area (Å²) in [6.07, 6.45) is 6.01. The Labute approximate surface area is 254 Å². The molecule has 3 aromatic heterocycles. The molecule has 0 radical (unpaired) electrons. The van der Waals surface area contributed by atoms with Crippen LogP contribution in [0.5, 0.6) is 0 Å². The molecule has 1 aliphatic rings. The van der Waals surface area contributed by atoms with Crippen molar-refractivity contribution in [1.29, 1.82) is 0 Å². The van der Waals surface area contributed by atoms with Crippen LogP contribution in [0.2, 0.25) is 0 Å². The number of hydrogen-bond donors (Lipinski definition) is 0. The number of para-hydroxylation sites is 2. The van der Waals surface area contributed by atoms with Crippen LogP contribution >= 0.6 is 0 Å². The van der Waals surface area contributed by atoms with Gasteiger partial charge in [-0.2, -0.15) is 0 Å². The number of aromatic nitrogens is 4. The Morgan fingerprint density at radius 3 is 1.98 bits per heavy atom. The van der Waals surface area contributed by atoms with Crippen LogP contribution in [0.1, 0.15) is 43.8 Å². The van der Waals surface area contributed by atoms with Gasteiger partial charge in [0.05, 0.1) is 22.1 Å². The second-order valence-electron chi connectivity index (χ2n) is 11.9. The maximum absolute atomic E-state index is 6.55. The molecule has 1 fully saturated rings. The molecule has 0 aliphatic heterocycles. The molecule has 0 bridgehead atoms. The van der Waals surface area contributed by atoms with Crippen molar-refractivity contribution in [1.82, 2.24) is 19.5 Å². The lowest BCUT2D eigenvalue weighted by atomic mass is 9.88. The van der Waals surface area contributed by atoms with E-state index >= 15 is 0 Å². The molecule has 0 unspecified atom stereocenters. The minimum absolute atomic E-state index is 0.372. The number of nitrogens with zero attached hydrogens (tertiary/aromatic N) is 4. The van der Waals surface area contributed by atoms with Crippen molar-refractivity contribution in [2.45, 2.75) is 38.0 Å². The summed E-state index contributed by atoms with van der Waals surface area (Å²) in [6.45, 7) is 0. The number of benzene rings is 5. The molecule has 8 aromatic rings. The molecule has 0 spiro atoms. The maximum atomic E-state index is 6.55. The quantitative estimate of drug-likeness (QED) is 0.211. The van der Waals surface area contributed by atoms with Crippen LogP contribution in [0, 0.1) is 0 Å². The largest absolute Gasteiger partial charge is 0.456 e. The van der Waals surface area contributed by atoms with Gasteiger partial charge in [0.15, 0.2) is 11.6 Å². The van der Waals surface area contributed by atoms with Crippen LogP contribution in [-0.4, -0.2) is 19.5 Å². The highest BCUT2D eigenvalue weighted by Gasteiger charge is 2.22.